The molecule has 1 rings (SSSR count). The van der Waals surface area contributed by atoms with E-state index in [4.69, 9.17) is 10.9 Å². The van der Waals surface area contributed by atoms with E-state index in [1.807, 2.05) is 13.8 Å². The van der Waals surface area contributed by atoms with Crippen molar-refractivity contribution >= 4 is 11.7 Å². The van der Waals surface area contributed by atoms with Crippen LogP contribution in [0.3, 0.4) is 0 Å². The second kappa shape index (κ2) is 6.27. The van der Waals surface area contributed by atoms with Crippen molar-refractivity contribution in [3.05, 3.63) is 29.3 Å². The molecule has 0 heterocycles. The summed E-state index contributed by atoms with van der Waals surface area (Å²) in [6, 6.07) is 4.67. The maximum Gasteiger partial charge on any atom is 0.252 e. The third-order valence-corrected chi connectivity index (χ3v) is 3.63. The lowest BCUT2D eigenvalue weighted by Crippen LogP contribution is -2.56. The lowest BCUT2D eigenvalue weighted by Gasteiger charge is -2.31. The monoisotopic (exact) mass is 279 g/mol. The highest BCUT2D eigenvalue weighted by Gasteiger charge is 2.33. The predicted molar refractivity (Wildman–Crippen MR) is 77.0 cm³/mol. The molecular formula is C14H21N3O3. The smallest absolute Gasteiger partial charge is 0.252 e. The minimum Gasteiger partial charge on any atom is -0.508 e. The number of aromatic hydroxyl groups is 1. The van der Waals surface area contributed by atoms with E-state index in [2.05, 4.69) is 10.5 Å². The average molecular weight is 279 g/mol. The fraction of sp³-hybridized carbons (Fsp3) is 0.429. The summed E-state index contributed by atoms with van der Waals surface area (Å²) in [5.41, 5.74) is 5.81. The summed E-state index contributed by atoms with van der Waals surface area (Å²) in [7, 11) is 0. The Hall–Kier alpha value is -2.24. The van der Waals surface area contributed by atoms with E-state index >= 15 is 0 Å². The van der Waals surface area contributed by atoms with Gasteiger partial charge in [0.1, 0.15) is 11.3 Å². The molecule has 0 aliphatic rings. The number of rotatable bonds is 5. The summed E-state index contributed by atoms with van der Waals surface area (Å²) in [5, 5.41) is 24.3. The van der Waals surface area contributed by atoms with Crippen molar-refractivity contribution in [3.63, 3.8) is 0 Å². The zero-order valence-electron chi connectivity index (χ0n) is 12.0. The van der Waals surface area contributed by atoms with Crippen LogP contribution in [0, 0.1) is 6.92 Å². The maximum absolute atomic E-state index is 12.2. The molecule has 6 nitrogen and oxygen atoms in total. The van der Waals surface area contributed by atoms with E-state index in [-0.39, 0.29) is 17.5 Å². The molecule has 1 aromatic rings. The third kappa shape index (κ3) is 3.01. The summed E-state index contributed by atoms with van der Waals surface area (Å²) in [5.74, 6) is -0.358. The Labute approximate surface area is 118 Å². The van der Waals surface area contributed by atoms with Gasteiger partial charge < -0.3 is 21.4 Å². The van der Waals surface area contributed by atoms with Gasteiger partial charge >= 0.3 is 0 Å². The highest BCUT2D eigenvalue weighted by atomic mass is 16.4. The fourth-order valence-electron chi connectivity index (χ4n) is 1.99. The van der Waals surface area contributed by atoms with Gasteiger partial charge in [0.2, 0.25) is 0 Å². The van der Waals surface area contributed by atoms with Crippen LogP contribution in [0.1, 0.15) is 42.6 Å². The number of nitrogens with zero attached hydrogens (tertiary/aromatic N) is 1. The van der Waals surface area contributed by atoms with Crippen molar-refractivity contribution in [2.75, 3.05) is 0 Å². The van der Waals surface area contributed by atoms with Crippen LogP contribution in [-0.2, 0) is 0 Å². The highest BCUT2D eigenvalue weighted by molar-refractivity contribution is 6.00. The van der Waals surface area contributed by atoms with Gasteiger partial charge in [-0.1, -0.05) is 25.1 Å². The van der Waals surface area contributed by atoms with E-state index in [9.17, 15) is 9.90 Å². The Balaban J connectivity index is 3.05. The topological polar surface area (TPSA) is 108 Å². The number of nitrogens with two attached hydrogens (primary N) is 1. The zero-order valence-corrected chi connectivity index (χ0v) is 12.0. The quantitative estimate of drug-likeness (QED) is 0.285. The number of oxime groups is 1. The Morgan fingerprint density at radius 2 is 2.00 bits per heavy atom. The molecule has 20 heavy (non-hydrogen) atoms. The molecule has 110 valence electrons. The summed E-state index contributed by atoms with van der Waals surface area (Å²) >= 11 is 0. The molecule has 0 spiro atoms. The standard InChI is InChI=1S/C14H21N3O3/c1-4-14(5-2,13(15)17-20)16-12(19)10-7-6-9(3)11(18)8-10/h6-8,18,20H,4-5H2,1-3H3,(H2,15,17)(H,16,19). The van der Waals surface area contributed by atoms with E-state index in [0.717, 1.165) is 0 Å². The van der Waals surface area contributed by atoms with Crippen molar-refractivity contribution < 1.29 is 15.1 Å². The molecule has 5 N–H and O–H groups in total. The van der Waals surface area contributed by atoms with Gasteiger partial charge in [-0.25, -0.2) is 0 Å². The van der Waals surface area contributed by atoms with Crippen LogP contribution >= 0.6 is 0 Å². The van der Waals surface area contributed by atoms with Crippen LogP contribution in [0.5, 0.6) is 5.75 Å². The van der Waals surface area contributed by atoms with Gasteiger partial charge in [0.05, 0.1) is 0 Å². The van der Waals surface area contributed by atoms with E-state index in [1.165, 1.54) is 6.07 Å². The van der Waals surface area contributed by atoms with Gasteiger partial charge in [0, 0.05) is 5.56 Å². The Morgan fingerprint density at radius 1 is 1.40 bits per heavy atom. The first-order chi connectivity index (χ1) is 9.40. The fourth-order valence-corrected chi connectivity index (χ4v) is 1.99. The lowest BCUT2D eigenvalue weighted by atomic mass is 9.91. The van der Waals surface area contributed by atoms with Gasteiger partial charge in [-0.2, -0.15) is 0 Å². The molecule has 0 saturated heterocycles. The second-order valence-electron chi connectivity index (χ2n) is 4.73. The minimum atomic E-state index is -0.896. The van der Waals surface area contributed by atoms with Crippen LogP contribution in [0.4, 0.5) is 0 Å². The molecule has 0 saturated carbocycles. The molecular weight excluding hydrogens is 258 g/mol. The van der Waals surface area contributed by atoms with Crippen LogP contribution in [0.2, 0.25) is 0 Å². The van der Waals surface area contributed by atoms with Gasteiger partial charge in [-0.3, -0.25) is 4.79 Å². The largest absolute Gasteiger partial charge is 0.508 e. The van der Waals surface area contributed by atoms with Crippen LogP contribution in [0.25, 0.3) is 0 Å². The summed E-state index contributed by atoms with van der Waals surface area (Å²) in [6.45, 7) is 5.43. The third-order valence-electron chi connectivity index (χ3n) is 3.63. The number of benzene rings is 1. The second-order valence-corrected chi connectivity index (χ2v) is 4.73. The van der Waals surface area contributed by atoms with Gasteiger partial charge in [0.25, 0.3) is 5.91 Å². The number of nitrogens with one attached hydrogen (secondary N) is 1. The minimum absolute atomic E-state index is 0.0350. The number of hydrogen-bond donors (Lipinski definition) is 4. The summed E-state index contributed by atoms with van der Waals surface area (Å²) in [6.07, 6.45) is 0.978. The molecule has 0 bridgehead atoms. The van der Waals surface area contributed by atoms with Crippen molar-refractivity contribution in [2.45, 2.75) is 39.2 Å². The number of amides is 1. The molecule has 1 aromatic carbocycles. The molecule has 0 atom stereocenters. The molecule has 0 fully saturated rings. The van der Waals surface area contributed by atoms with E-state index in [0.29, 0.717) is 24.0 Å². The number of phenols is 1. The first-order valence-corrected chi connectivity index (χ1v) is 6.50. The predicted octanol–water partition coefficient (Wildman–Crippen LogP) is 1.74. The number of hydrogen-bond acceptors (Lipinski definition) is 4. The van der Waals surface area contributed by atoms with Crippen LogP contribution < -0.4 is 11.1 Å². The number of phenolic OH excluding ortho intramolecular Hbond substituents is 1. The first kappa shape index (κ1) is 15.8. The van der Waals surface area contributed by atoms with Crippen LogP contribution in [-0.4, -0.2) is 27.6 Å². The molecule has 0 aromatic heterocycles. The molecule has 0 radical (unpaired) electrons. The Morgan fingerprint density at radius 3 is 2.45 bits per heavy atom. The molecule has 1 amide bonds. The molecule has 0 unspecified atom stereocenters. The zero-order chi connectivity index (χ0) is 15.3. The van der Waals surface area contributed by atoms with Crippen molar-refractivity contribution in [1.29, 1.82) is 0 Å². The number of carbonyl (C=O) groups is 1. The summed E-state index contributed by atoms with van der Waals surface area (Å²) in [4.78, 5) is 12.2. The van der Waals surface area contributed by atoms with Crippen molar-refractivity contribution in [1.82, 2.24) is 5.32 Å². The molecule has 0 aliphatic heterocycles. The Bertz CT molecular complexity index is 522. The van der Waals surface area contributed by atoms with Gasteiger partial charge in [0.15, 0.2) is 5.84 Å². The molecule has 0 aliphatic carbocycles. The lowest BCUT2D eigenvalue weighted by molar-refractivity contribution is 0.0917. The number of carbonyl (C=O) groups excluding carboxylic acids is 1. The van der Waals surface area contributed by atoms with E-state index in [1.54, 1.807) is 19.1 Å². The normalized spacial score (nSPS) is 12.2. The van der Waals surface area contributed by atoms with Crippen molar-refractivity contribution in [2.24, 2.45) is 10.9 Å². The number of aryl methyl sites for hydroxylation is 1. The first-order valence-electron chi connectivity index (χ1n) is 6.50. The highest BCUT2D eigenvalue weighted by Crippen LogP contribution is 2.20. The van der Waals surface area contributed by atoms with Gasteiger partial charge in [-0.15, -0.1) is 0 Å². The average Bonchev–Trinajstić information content (AvgIpc) is 2.46. The number of amidine groups is 1. The van der Waals surface area contributed by atoms with Crippen molar-refractivity contribution in [3.8, 4) is 5.75 Å². The van der Waals surface area contributed by atoms with Gasteiger partial charge in [-0.05, 0) is 37.5 Å². The molecule has 6 heteroatoms. The van der Waals surface area contributed by atoms with Crippen LogP contribution in [0.15, 0.2) is 23.4 Å². The Kier molecular flexibility index (Phi) is 4.96. The SMILES string of the molecule is CCC(CC)(NC(=O)c1ccc(C)c(O)c1)/C(N)=N/O. The maximum atomic E-state index is 12.2. The van der Waals surface area contributed by atoms with E-state index < -0.39 is 5.54 Å². The summed E-state index contributed by atoms with van der Waals surface area (Å²) < 4.78 is 0.